The third-order valence-corrected chi connectivity index (χ3v) is 1.89. The quantitative estimate of drug-likeness (QED) is 0.567. The van der Waals surface area contributed by atoms with Gasteiger partial charge in [0, 0.05) is 18.6 Å². The van der Waals surface area contributed by atoms with Crippen LogP contribution in [0.25, 0.3) is 0 Å². The van der Waals surface area contributed by atoms with Gasteiger partial charge in [-0.05, 0) is 12.8 Å². The van der Waals surface area contributed by atoms with E-state index in [0.717, 1.165) is 6.54 Å². The molecule has 2 heteroatoms. The first-order chi connectivity index (χ1) is 4.33. The van der Waals surface area contributed by atoms with Crippen LogP contribution in [-0.4, -0.2) is 18.6 Å². The molecule has 0 aromatic rings. The SMILES string of the molecule is CCC[C@@H]1CC(N)CN1. The molecule has 1 unspecified atom stereocenters. The first kappa shape index (κ1) is 7.03. The first-order valence-electron chi connectivity index (χ1n) is 3.82. The van der Waals surface area contributed by atoms with E-state index in [1.165, 1.54) is 19.3 Å². The van der Waals surface area contributed by atoms with Gasteiger partial charge in [-0.2, -0.15) is 0 Å². The summed E-state index contributed by atoms with van der Waals surface area (Å²) in [6.45, 7) is 3.23. The Morgan fingerprint density at radius 3 is 2.89 bits per heavy atom. The van der Waals surface area contributed by atoms with Crippen molar-refractivity contribution in [1.29, 1.82) is 0 Å². The molecule has 3 N–H and O–H groups in total. The van der Waals surface area contributed by atoms with Gasteiger partial charge in [-0.25, -0.2) is 0 Å². The fourth-order valence-electron chi connectivity index (χ4n) is 1.42. The van der Waals surface area contributed by atoms with Gasteiger partial charge in [-0.15, -0.1) is 0 Å². The number of hydrogen-bond acceptors (Lipinski definition) is 2. The summed E-state index contributed by atoms with van der Waals surface area (Å²) in [5, 5.41) is 3.38. The van der Waals surface area contributed by atoms with E-state index >= 15 is 0 Å². The summed E-state index contributed by atoms with van der Waals surface area (Å²) in [6.07, 6.45) is 3.73. The van der Waals surface area contributed by atoms with Crippen molar-refractivity contribution >= 4 is 0 Å². The summed E-state index contributed by atoms with van der Waals surface area (Å²) >= 11 is 0. The van der Waals surface area contributed by atoms with E-state index in [4.69, 9.17) is 5.73 Å². The lowest BCUT2D eigenvalue weighted by molar-refractivity contribution is 0.547. The van der Waals surface area contributed by atoms with Crippen molar-refractivity contribution in [3.05, 3.63) is 0 Å². The van der Waals surface area contributed by atoms with Gasteiger partial charge in [0.05, 0.1) is 0 Å². The summed E-state index contributed by atoms with van der Waals surface area (Å²) in [5.41, 5.74) is 5.69. The van der Waals surface area contributed by atoms with E-state index in [1.807, 2.05) is 0 Å². The third-order valence-electron chi connectivity index (χ3n) is 1.89. The molecule has 1 rings (SSSR count). The summed E-state index contributed by atoms with van der Waals surface area (Å²) in [7, 11) is 0. The molecule has 1 aliphatic rings. The average Bonchev–Trinajstić information content (AvgIpc) is 2.17. The summed E-state index contributed by atoms with van der Waals surface area (Å²) < 4.78 is 0. The van der Waals surface area contributed by atoms with Gasteiger partial charge in [0.2, 0.25) is 0 Å². The molecule has 0 spiro atoms. The minimum absolute atomic E-state index is 0.418. The van der Waals surface area contributed by atoms with Gasteiger partial charge in [0.25, 0.3) is 0 Å². The predicted octanol–water partition coefficient (Wildman–Crippen LogP) is 0.476. The Bertz CT molecular complexity index is 81.0. The molecule has 1 saturated heterocycles. The van der Waals surface area contributed by atoms with Crippen molar-refractivity contribution in [2.45, 2.75) is 38.3 Å². The molecule has 9 heavy (non-hydrogen) atoms. The molecule has 1 aliphatic heterocycles. The second-order valence-electron chi connectivity index (χ2n) is 2.89. The Kier molecular flexibility index (Phi) is 2.49. The van der Waals surface area contributed by atoms with Gasteiger partial charge < -0.3 is 11.1 Å². The predicted molar refractivity (Wildman–Crippen MR) is 39.3 cm³/mol. The fourth-order valence-corrected chi connectivity index (χ4v) is 1.42. The van der Waals surface area contributed by atoms with Crippen molar-refractivity contribution in [1.82, 2.24) is 5.32 Å². The van der Waals surface area contributed by atoms with Gasteiger partial charge in [-0.1, -0.05) is 13.3 Å². The van der Waals surface area contributed by atoms with Crippen LogP contribution >= 0.6 is 0 Å². The molecule has 2 nitrogen and oxygen atoms in total. The maximum Gasteiger partial charge on any atom is 0.0180 e. The van der Waals surface area contributed by atoms with E-state index in [0.29, 0.717) is 12.1 Å². The van der Waals surface area contributed by atoms with Crippen LogP contribution in [0.1, 0.15) is 26.2 Å². The lowest BCUT2D eigenvalue weighted by Gasteiger charge is -2.05. The molecule has 0 aromatic heterocycles. The second-order valence-corrected chi connectivity index (χ2v) is 2.89. The molecule has 0 bridgehead atoms. The maximum absolute atomic E-state index is 5.69. The molecular formula is C7H16N2. The monoisotopic (exact) mass is 128 g/mol. The zero-order chi connectivity index (χ0) is 6.69. The summed E-state index contributed by atoms with van der Waals surface area (Å²) in [6, 6.07) is 1.13. The largest absolute Gasteiger partial charge is 0.326 e. The van der Waals surface area contributed by atoms with E-state index in [1.54, 1.807) is 0 Å². The molecule has 54 valence electrons. The molecule has 0 aliphatic carbocycles. The highest BCUT2D eigenvalue weighted by Gasteiger charge is 2.18. The van der Waals surface area contributed by atoms with Crippen LogP contribution < -0.4 is 11.1 Å². The average molecular weight is 128 g/mol. The number of hydrogen-bond donors (Lipinski definition) is 2. The number of nitrogens with one attached hydrogen (secondary N) is 1. The van der Waals surface area contributed by atoms with Gasteiger partial charge in [0.1, 0.15) is 0 Å². The number of nitrogens with two attached hydrogens (primary N) is 1. The van der Waals surface area contributed by atoms with Gasteiger partial charge in [0.15, 0.2) is 0 Å². The topological polar surface area (TPSA) is 38.0 Å². The van der Waals surface area contributed by atoms with Crippen molar-refractivity contribution in [3.63, 3.8) is 0 Å². The minimum Gasteiger partial charge on any atom is -0.326 e. The Morgan fingerprint density at radius 2 is 2.44 bits per heavy atom. The van der Waals surface area contributed by atoms with Crippen LogP contribution in [0.4, 0.5) is 0 Å². The van der Waals surface area contributed by atoms with E-state index in [2.05, 4.69) is 12.2 Å². The van der Waals surface area contributed by atoms with Crippen LogP contribution in [-0.2, 0) is 0 Å². The zero-order valence-electron chi connectivity index (χ0n) is 6.06. The van der Waals surface area contributed by atoms with Gasteiger partial charge >= 0.3 is 0 Å². The molecule has 0 amide bonds. The van der Waals surface area contributed by atoms with E-state index in [-0.39, 0.29) is 0 Å². The maximum atomic E-state index is 5.69. The lowest BCUT2D eigenvalue weighted by atomic mass is 10.1. The Hall–Kier alpha value is -0.0800. The number of rotatable bonds is 2. The van der Waals surface area contributed by atoms with Crippen molar-refractivity contribution in [3.8, 4) is 0 Å². The van der Waals surface area contributed by atoms with Crippen molar-refractivity contribution < 1.29 is 0 Å². The van der Waals surface area contributed by atoms with Crippen LogP contribution in [0.3, 0.4) is 0 Å². The molecule has 2 atom stereocenters. The first-order valence-corrected chi connectivity index (χ1v) is 3.82. The fraction of sp³-hybridized carbons (Fsp3) is 1.00. The standard InChI is InChI=1S/C7H16N2/c1-2-3-7-4-6(8)5-9-7/h6-7,9H,2-5,8H2,1H3/t6?,7-/m1/s1. The Balaban J connectivity index is 2.14. The highest BCUT2D eigenvalue weighted by molar-refractivity contribution is 4.82. The zero-order valence-corrected chi connectivity index (χ0v) is 6.06. The van der Waals surface area contributed by atoms with E-state index < -0.39 is 0 Å². The highest BCUT2D eigenvalue weighted by Crippen LogP contribution is 2.09. The smallest absolute Gasteiger partial charge is 0.0180 e. The summed E-state index contributed by atoms with van der Waals surface area (Å²) in [5.74, 6) is 0. The van der Waals surface area contributed by atoms with E-state index in [9.17, 15) is 0 Å². The molecule has 1 fully saturated rings. The third kappa shape index (κ3) is 1.95. The van der Waals surface area contributed by atoms with Crippen LogP contribution in [0.2, 0.25) is 0 Å². The molecule has 0 radical (unpaired) electrons. The second kappa shape index (κ2) is 3.18. The Morgan fingerprint density at radius 1 is 1.67 bits per heavy atom. The lowest BCUT2D eigenvalue weighted by Crippen LogP contribution is -2.23. The summed E-state index contributed by atoms with van der Waals surface area (Å²) in [4.78, 5) is 0. The Labute approximate surface area is 56.8 Å². The normalized spacial score (nSPS) is 35.3. The molecular weight excluding hydrogens is 112 g/mol. The molecule has 1 heterocycles. The van der Waals surface area contributed by atoms with Crippen LogP contribution in [0, 0.1) is 0 Å². The minimum atomic E-state index is 0.418. The van der Waals surface area contributed by atoms with Crippen molar-refractivity contribution in [2.24, 2.45) is 5.73 Å². The molecule has 0 aromatic carbocycles. The van der Waals surface area contributed by atoms with Gasteiger partial charge in [-0.3, -0.25) is 0 Å². The van der Waals surface area contributed by atoms with Crippen molar-refractivity contribution in [2.75, 3.05) is 6.54 Å². The van der Waals surface area contributed by atoms with Crippen LogP contribution in [0.5, 0.6) is 0 Å². The van der Waals surface area contributed by atoms with Crippen LogP contribution in [0.15, 0.2) is 0 Å². The molecule has 0 saturated carbocycles. The highest BCUT2D eigenvalue weighted by atomic mass is 15.0.